The summed E-state index contributed by atoms with van der Waals surface area (Å²) in [6, 6.07) is 4.33. The normalized spacial score (nSPS) is 22.4. The lowest BCUT2D eigenvalue weighted by atomic mass is 10.1. The highest BCUT2D eigenvalue weighted by Gasteiger charge is 2.50. The molecule has 0 bridgehead atoms. The van der Waals surface area contributed by atoms with E-state index < -0.39 is 16.6 Å². The molecule has 101 valence electrons. The zero-order valence-corrected chi connectivity index (χ0v) is 12.6. The average molecular weight is 337 g/mol. The summed E-state index contributed by atoms with van der Waals surface area (Å²) in [6.45, 7) is 0. The molecule has 1 fully saturated rings. The highest BCUT2D eigenvalue weighted by atomic mass is 35.5. The second-order valence-corrected chi connectivity index (χ2v) is 5.55. The lowest BCUT2D eigenvalue weighted by Gasteiger charge is -2.17. The molecule has 8 heteroatoms. The first kappa shape index (κ1) is 16.4. The molecular formula is C11H8Cl2NO3S2. The van der Waals surface area contributed by atoms with E-state index in [1.807, 2.05) is 0 Å². The van der Waals surface area contributed by atoms with Crippen LogP contribution in [0.5, 0.6) is 0 Å². The molecule has 1 aromatic carbocycles. The van der Waals surface area contributed by atoms with Crippen LogP contribution in [0.4, 0.5) is 5.69 Å². The van der Waals surface area contributed by atoms with Crippen LogP contribution in [0.1, 0.15) is 6.42 Å². The summed E-state index contributed by atoms with van der Waals surface area (Å²) < 4.78 is -1.61. The van der Waals surface area contributed by atoms with Crippen LogP contribution in [0.2, 0.25) is 10.0 Å². The number of carbonyl (C=O) groups is 3. The predicted molar refractivity (Wildman–Crippen MR) is 80.3 cm³/mol. The Bertz CT molecular complexity index is 547. The lowest BCUT2D eigenvalue weighted by Crippen LogP contribution is -2.37. The Hall–Kier alpha value is -0.690. The van der Waals surface area contributed by atoms with Gasteiger partial charge in [-0.15, -0.1) is 13.5 Å². The molecule has 0 aliphatic carbocycles. The van der Waals surface area contributed by atoms with Gasteiger partial charge in [0.25, 0.3) is 5.91 Å². The number of hydrogen-bond donors (Lipinski definition) is 2. The summed E-state index contributed by atoms with van der Waals surface area (Å²) in [5, 5.41) is 0.585. The molecule has 4 nitrogen and oxygen atoms in total. The number of halogens is 2. The second-order valence-electron chi connectivity index (χ2n) is 3.88. The second kappa shape index (κ2) is 5.75. The third kappa shape index (κ3) is 2.91. The number of nitrogens with zero attached hydrogens (tertiary/aromatic N) is 1. The van der Waals surface area contributed by atoms with Crippen molar-refractivity contribution in [1.29, 1.82) is 0 Å². The van der Waals surface area contributed by atoms with Crippen LogP contribution < -0.4 is 4.90 Å². The van der Waals surface area contributed by atoms with Gasteiger partial charge in [0, 0.05) is 10.0 Å². The van der Waals surface area contributed by atoms with Gasteiger partial charge in [-0.05, 0) is 18.2 Å². The number of hydrogen-bond acceptors (Lipinski definition) is 4. The molecule has 0 spiro atoms. The fourth-order valence-corrected chi connectivity index (χ4v) is 2.46. The number of imide groups is 1. The molecule has 1 saturated heterocycles. The van der Waals surface area contributed by atoms with Crippen molar-refractivity contribution in [3.05, 3.63) is 28.2 Å². The van der Waals surface area contributed by atoms with Gasteiger partial charge in [-0.25, -0.2) is 4.90 Å². The summed E-state index contributed by atoms with van der Waals surface area (Å²) in [5.74, 6) is -1.20. The van der Waals surface area contributed by atoms with Crippen LogP contribution >= 0.6 is 49.3 Å². The van der Waals surface area contributed by atoms with Crippen molar-refractivity contribution >= 4 is 73.1 Å². The topological polar surface area (TPSA) is 54.5 Å². The summed E-state index contributed by atoms with van der Waals surface area (Å²) in [4.78, 5) is 35.5. The molecule has 1 atom stereocenters. The Balaban J connectivity index is 0.00000180. The van der Waals surface area contributed by atoms with E-state index in [1.165, 1.54) is 18.2 Å². The van der Waals surface area contributed by atoms with E-state index in [9.17, 15) is 14.4 Å². The quantitative estimate of drug-likeness (QED) is 0.377. The molecule has 1 aromatic rings. The predicted octanol–water partition coefficient (Wildman–Crippen LogP) is 2.50. The van der Waals surface area contributed by atoms with Crippen molar-refractivity contribution in [3.8, 4) is 0 Å². The van der Waals surface area contributed by atoms with E-state index >= 15 is 0 Å². The van der Waals surface area contributed by atoms with Gasteiger partial charge in [0.2, 0.25) is 5.91 Å². The van der Waals surface area contributed by atoms with E-state index in [2.05, 4.69) is 12.6 Å². The average Bonchev–Trinajstić information content (AvgIpc) is 2.49. The number of aldehydes is 1. The molecule has 2 amide bonds. The van der Waals surface area contributed by atoms with Crippen LogP contribution in [0.25, 0.3) is 0 Å². The first-order valence-corrected chi connectivity index (χ1v) is 6.10. The maximum absolute atomic E-state index is 12.0. The molecule has 1 heterocycles. The van der Waals surface area contributed by atoms with Crippen molar-refractivity contribution in [3.63, 3.8) is 0 Å². The Morgan fingerprint density at radius 1 is 1.21 bits per heavy atom. The minimum atomic E-state index is -1.61. The molecule has 0 aromatic heterocycles. The fraction of sp³-hybridized carbons (Fsp3) is 0.182. The summed E-state index contributed by atoms with van der Waals surface area (Å²) >= 11 is 15.6. The van der Waals surface area contributed by atoms with E-state index in [0.29, 0.717) is 16.3 Å². The van der Waals surface area contributed by atoms with Gasteiger partial charge < -0.3 is 4.79 Å². The molecule has 19 heavy (non-hydrogen) atoms. The number of rotatable bonds is 2. The first-order chi connectivity index (χ1) is 8.37. The Kier molecular flexibility index (Phi) is 4.95. The van der Waals surface area contributed by atoms with Crippen molar-refractivity contribution < 1.29 is 14.4 Å². The summed E-state index contributed by atoms with van der Waals surface area (Å²) in [7, 11) is 0. The molecule has 0 saturated carbocycles. The largest absolute Gasteiger partial charge is 0.301 e. The SMILES string of the molecule is O=CC1(S)CC(=O)N(c2cc(Cl)cc(Cl)c2)C1=O.[SH]. The Morgan fingerprint density at radius 2 is 1.74 bits per heavy atom. The third-order valence-corrected chi connectivity index (χ3v) is 3.44. The third-order valence-electron chi connectivity index (χ3n) is 2.54. The van der Waals surface area contributed by atoms with E-state index in [1.54, 1.807) is 0 Å². The number of amides is 2. The number of benzene rings is 1. The molecule has 2 rings (SSSR count). The zero-order valence-electron chi connectivity index (χ0n) is 9.34. The fourth-order valence-electron chi connectivity index (χ4n) is 1.71. The highest BCUT2D eigenvalue weighted by molar-refractivity contribution is 7.83. The van der Waals surface area contributed by atoms with Crippen LogP contribution in [-0.4, -0.2) is 22.8 Å². The first-order valence-electron chi connectivity index (χ1n) is 4.89. The van der Waals surface area contributed by atoms with Crippen LogP contribution in [0.3, 0.4) is 0 Å². The van der Waals surface area contributed by atoms with Crippen LogP contribution in [0.15, 0.2) is 18.2 Å². The number of thiol groups is 2. The van der Waals surface area contributed by atoms with Crippen molar-refractivity contribution in [2.24, 2.45) is 0 Å². The molecule has 1 aliphatic heterocycles. The molecule has 1 unspecified atom stereocenters. The lowest BCUT2D eigenvalue weighted by molar-refractivity contribution is -0.123. The van der Waals surface area contributed by atoms with Gasteiger partial charge >= 0.3 is 0 Å². The monoisotopic (exact) mass is 336 g/mol. The van der Waals surface area contributed by atoms with Gasteiger partial charge in [0.15, 0.2) is 4.75 Å². The molecule has 0 N–H and O–H groups in total. The zero-order chi connectivity index (χ0) is 13.5. The van der Waals surface area contributed by atoms with Crippen molar-refractivity contribution in [2.45, 2.75) is 11.2 Å². The van der Waals surface area contributed by atoms with Crippen LogP contribution in [-0.2, 0) is 14.4 Å². The number of anilines is 1. The Labute approximate surface area is 131 Å². The van der Waals surface area contributed by atoms with Gasteiger partial charge in [0.05, 0.1) is 12.1 Å². The van der Waals surface area contributed by atoms with Gasteiger partial charge in [-0.1, -0.05) is 23.2 Å². The van der Waals surface area contributed by atoms with E-state index in [0.717, 1.165) is 4.90 Å². The van der Waals surface area contributed by atoms with E-state index in [-0.39, 0.29) is 25.6 Å². The van der Waals surface area contributed by atoms with Gasteiger partial charge in [-0.2, -0.15) is 12.6 Å². The molecule has 1 radical (unpaired) electrons. The minimum absolute atomic E-state index is 0. The van der Waals surface area contributed by atoms with Gasteiger partial charge in [-0.3, -0.25) is 9.59 Å². The minimum Gasteiger partial charge on any atom is -0.301 e. The molecular weight excluding hydrogens is 329 g/mol. The highest BCUT2D eigenvalue weighted by Crippen LogP contribution is 2.34. The van der Waals surface area contributed by atoms with E-state index in [4.69, 9.17) is 23.2 Å². The smallest absolute Gasteiger partial charge is 0.257 e. The van der Waals surface area contributed by atoms with Crippen molar-refractivity contribution in [1.82, 2.24) is 0 Å². The van der Waals surface area contributed by atoms with Crippen molar-refractivity contribution in [2.75, 3.05) is 4.90 Å². The molecule has 1 aliphatic rings. The standard InChI is InChI=1S/C11H7Cl2NO3S.HS/c12-6-1-7(13)3-8(2-6)14-9(16)4-11(18,5-15)10(14)17;/h1-3,5,18H,4H2;1H. The van der Waals surface area contributed by atoms with Gasteiger partial charge in [0.1, 0.15) is 6.29 Å². The maximum Gasteiger partial charge on any atom is 0.257 e. The number of carbonyl (C=O) groups excluding carboxylic acids is 3. The summed E-state index contributed by atoms with van der Waals surface area (Å²) in [6.07, 6.45) is 0.0884. The maximum atomic E-state index is 12.0. The summed E-state index contributed by atoms with van der Waals surface area (Å²) in [5.41, 5.74) is 0.236. The van der Waals surface area contributed by atoms with Crippen LogP contribution in [0, 0.1) is 0 Å². The Morgan fingerprint density at radius 3 is 2.16 bits per heavy atom.